The fourth-order valence-electron chi connectivity index (χ4n) is 1.16. The zero-order chi connectivity index (χ0) is 15.5. The Kier molecular flexibility index (Phi) is 8.27. The lowest BCUT2D eigenvalue weighted by Crippen LogP contribution is -2.16. The normalized spacial score (nSPS) is 12.0. The number of carbonyl (C=O) groups excluding carboxylic acids is 2. The Bertz CT molecular complexity index is 460. The summed E-state index contributed by atoms with van der Waals surface area (Å²) in [7, 11) is 0. The Labute approximate surface area is 117 Å². The summed E-state index contributed by atoms with van der Waals surface area (Å²) >= 11 is 0. The Morgan fingerprint density at radius 1 is 1.05 bits per heavy atom. The summed E-state index contributed by atoms with van der Waals surface area (Å²) in [6.07, 6.45) is 1.00. The third-order valence-electron chi connectivity index (χ3n) is 1.97. The SMILES string of the molecule is CCOC(=O)/C(C#N)=C/C(C(=O)OCC)=C(/N)OCC. The Hall–Kier alpha value is -2.49. The van der Waals surface area contributed by atoms with Crippen LogP contribution in [0.3, 0.4) is 0 Å². The van der Waals surface area contributed by atoms with Crippen molar-refractivity contribution >= 4 is 11.9 Å². The number of esters is 2. The summed E-state index contributed by atoms with van der Waals surface area (Å²) < 4.78 is 14.5. The van der Waals surface area contributed by atoms with Crippen LogP contribution in [0.5, 0.6) is 0 Å². The lowest BCUT2D eigenvalue weighted by molar-refractivity contribution is -0.138. The topological polar surface area (TPSA) is 112 Å². The molecule has 0 radical (unpaired) electrons. The van der Waals surface area contributed by atoms with E-state index in [9.17, 15) is 9.59 Å². The second kappa shape index (κ2) is 9.44. The van der Waals surface area contributed by atoms with Gasteiger partial charge in [0.05, 0.1) is 19.8 Å². The van der Waals surface area contributed by atoms with E-state index in [1.807, 2.05) is 0 Å². The van der Waals surface area contributed by atoms with E-state index in [4.69, 9.17) is 20.5 Å². The highest BCUT2D eigenvalue weighted by atomic mass is 16.5. The van der Waals surface area contributed by atoms with Gasteiger partial charge < -0.3 is 19.9 Å². The van der Waals surface area contributed by atoms with Gasteiger partial charge in [-0.1, -0.05) is 0 Å². The van der Waals surface area contributed by atoms with Crippen molar-refractivity contribution < 1.29 is 23.8 Å². The van der Waals surface area contributed by atoms with Gasteiger partial charge >= 0.3 is 11.9 Å². The van der Waals surface area contributed by atoms with Crippen molar-refractivity contribution in [2.24, 2.45) is 5.73 Å². The molecule has 0 aliphatic carbocycles. The fraction of sp³-hybridized carbons (Fsp3) is 0.462. The molecule has 0 aromatic rings. The largest absolute Gasteiger partial charge is 0.479 e. The molecule has 110 valence electrons. The van der Waals surface area contributed by atoms with E-state index in [2.05, 4.69) is 4.74 Å². The molecule has 0 saturated carbocycles. The maximum Gasteiger partial charge on any atom is 0.348 e. The predicted octanol–water partition coefficient (Wildman–Crippen LogP) is 0.769. The minimum Gasteiger partial charge on any atom is -0.479 e. The van der Waals surface area contributed by atoms with Crippen molar-refractivity contribution in [2.45, 2.75) is 20.8 Å². The highest BCUT2D eigenvalue weighted by Crippen LogP contribution is 2.10. The highest BCUT2D eigenvalue weighted by Gasteiger charge is 2.19. The summed E-state index contributed by atoms with van der Waals surface area (Å²) in [6.45, 7) is 5.35. The first kappa shape index (κ1) is 17.5. The lowest BCUT2D eigenvalue weighted by atomic mass is 10.1. The molecule has 0 atom stereocenters. The van der Waals surface area contributed by atoms with E-state index < -0.39 is 11.9 Å². The van der Waals surface area contributed by atoms with Gasteiger partial charge in [-0.25, -0.2) is 9.59 Å². The Morgan fingerprint density at radius 3 is 2.00 bits per heavy atom. The van der Waals surface area contributed by atoms with Gasteiger partial charge in [0.25, 0.3) is 0 Å². The number of ether oxygens (including phenoxy) is 3. The molecule has 0 rings (SSSR count). The number of nitrogens with zero attached hydrogens (tertiary/aromatic N) is 1. The maximum absolute atomic E-state index is 11.7. The molecule has 0 bridgehead atoms. The quantitative estimate of drug-likeness (QED) is 0.241. The van der Waals surface area contributed by atoms with E-state index in [1.165, 1.54) is 0 Å². The second-order valence-electron chi connectivity index (χ2n) is 3.32. The van der Waals surface area contributed by atoms with Crippen LogP contribution in [0.2, 0.25) is 0 Å². The summed E-state index contributed by atoms with van der Waals surface area (Å²) in [5.74, 6) is -1.85. The summed E-state index contributed by atoms with van der Waals surface area (Å²) in [6, 6.07) is 1.64. The van der Waals surface area contributed by atoms with E-state index >= 15 is 0 Å². The number of hydrogen-bond acceptors (Lipinski definition) is 7. The fourth-order valence-corrected chi connectivity index (χ4v) is 1.16. The molecule has 7 heteroatoms. The van der Waals surface area contributed by atoms with Crippen LogP contribution in [0.1, 0.15) is 20.8 Å². The molecule has 0 aliphatic rings. The van der Waals surface area contributed by atoms with Crippen molar-refractivity contribution in [3.63, 3.8) is 0 Å². The van der Waals surface area contributed by atoms with Crippen LogP contribution < -0.4 is 5.73 Å². The first-order chi connectivity index (χ1) is 9.51. The zero-order valence-electron chi connectivity index (χ0n) is 11.8. The van der Waals surface area contributed by atoms with Crippen LogP contribution in [0.15, 0.2) is 23.1 Å². The molecule has 2 N–H and O–H groups in total. The molecular formula is C13H18N2O5. The van der Waals surface area contributed by atoms with Crippen LogP contribution >= 0.6 is 0 Å². The predicted molar refractivity (Wildman–Crippen MR) is 69.8 cm³/mol. The van der Waals surface area contributed by atoms with Crippen LogP contribution in [0, 0.1) is 11.3 Å². The molecular weight excluding hydrogens is 264 g/mol. The molecule has 7 nitrogen and oxygen atoms in total. The molecule has 20 heavy (non-hydrogen) atoms. The van der Waals surface area contributed by atoms with E-state index in [-0.39, 0.29) is 36.8 Å². The van der Waals surface area contributed by atoms with E-state index in [0.717, 1.165) is 6.08 Å². The first-order valence-corrected chi connectivity index (χ1v) is 6.10. The van der Waals surface area contributed by atoms with Crippen molar-refractivity contribution in [2.75, 3.05) is 19.8 Å². The maximum atomic E-state index is 11.7. The third kappa shape index (κ3) is 5.44. The van der Waals surface area contributed by atoms with Gasteiger partial charge in [-0.05, 0) is 26.8 Å². The monoisotopic (exact) mass is 282 g/mol. The van der Waals surface area contributed by atoms with E-state index in [0.29, 0.717) is 0 Å². The molecule has 0 saturated heterocycles. The van der Waals surface area contributed by atoms with Gasteiger partial charge in [0.15, 0.2) is 5.88 Å². The van der Waals surface area contributed by atoms with Gasteiger partial charge in [0.2, 0.25) is 0 Å². The van der Waals surface area contributed by atoms with E-state index in [1.54, 1.807) is 26.8 Å². The van der Waals surface area contributed by atoms with Gasteiger partial charge in [-0.3, -0.25) is 0 Å². The van der Waals surface area contributed by atoms with Crippen LogP contribution in [-0.2, 0) is 23.8 Å². The zero-order valence-corrected chi connectivity index (χ0v) is 11.8. The second-order valence-corrected chi connectivity index (χ2v) is 3.32. The third-order valence-corrected chi connectivity index (χ3v) is 1.97. The minimum absolute atomic E-state index is 0.108. The highest BCUT2D eigenvalue weighted by molar-refractivity contribution is 5.98. The molecule has 0 aromatic carbocycles. The van der Waals surface area contributed by atoms with Gasteiger partial charge in [-0.15, -0.1) is 0 Å². The number of nitrogens with two attached hydrogens (primary N) is 1. The average Bonchev–Trinajstić information content (AvgIpc) is 2.40. The van der Waals surface area contributed by atoms with Crippen molar-refractivity contribution in [1.82, 2.24) is 0 Å². The number of rotatable bonds is 7. The Balaban J connectivity index is 5.54. The molecule has 0 spiro atoms. The average molecular weight is 282 g/mol. The smallest absolute Gasteiger partial charge is 0.348 e. The van der Waals surface area contributed by atoms with Crippen LogP contribution in [0.4, 0.5) is 0 Å². The molecule has 0 unspecified atom stereocenters. The summed E-state index contributed by atoms with van der Waals surface area (Å²) in [4.78, 5) is 23.2. The lowest BCUT2D eigenvalue weighted by Gasteiger charge is -2.08. The minimum atomic E-state index is -0.846. The van der Waals surface area contributed by atoms with Gasteiger partial charge in [-0.2, -0.15) is 5.26 Å². The number of carbonyl (C=O) groups is 2. The molecule has 0 heterocycles. The molecule has 0 aromatic heterocycles. The van der Waals surface area contributed by atoms with Crippen molar-refractivity contribution in [1.29, 1.82) is 5.26 Å². The Morgan fingerprint density at radius 2 is 1.55 bits per heavy atom. The van der Waals surface area contributed by atoms with Gasteiger partial charge in [0.1, 0.15) is 17.2 Å². The van der Waals surface area contributed by atoms with Gasteiger partial charge in [0, 0.05) is 0 Å². The van der Waals surface area contributed by atoms with Crippen LogP contribution in [-0.4, -0.2) is 31.8 Å². The van der Waals surface area contributed by atoms with Crippen molar-refractivity contribution in [3.05, 3.63) is 23.1 Å². The number of nitriles is 1. The number of hydrogen-bond donors (Lipinski definition) is 1. The van der Waals surface area contributed by atoms with Crippen LogP contribution in [0.25, 0.3) is 0 Å². The first-order valence-electron chi connectivity index (χ1n) is 6.10. The summed E-state index contributed by atoms with van der Waals surface area (Å²) in [5, 5.41) is 8.92. The van der Waals surface area contributed by atoms with Crippen molar-refractivity contribution in [3.8, 4) is 6.07 Å². The standard InChI is InChI=1S/C13H18N2O5/c1-4-18-11(15)10(13(17)20-6-3)7-9(8-14)12(16)19-5-2/h7H,4-6,15H2,1-3H3/b9-7+,11-10+. The molecule has 0 aliphatic heterocycles. The summed E-state index contributed by atoms with van der Waals surface area (Å²) in [5.41, 5.74) is 5.03. The molecule has 0 fully saturated rings. The molecule has 0 amide bonds.